The molecule has 1 unspecified atom stereocenters. The Balaban J connectivity index is 1.50. The van der Waals surface area contributed by atoms with Crippen LogP contribution in [0.4, 0.5) is 24.5 Å². The highest BCUT2D eigenvalue weighted by Crippen LogP contribution is 2.44. The highest BCUT2D eigenvalue weighted by atomic mass is 32.1. The minimum Gasteiger partial charge on any atom is -0.378 e. The van der Waals surface area contributed by atoms with E-state index in [0.29, 0.717) is 29.1 Å². The number of aliphatic hydroxyl groups is 1. The van der Waals surface area contributed by atoms with Gasteiger partial charge in [0, 0.05) is 24.5 Å². The second-order valence-electron chi connectivity index (χ2n) is 7.22. The number of rotatable bonds is 5. The molecule has 1 aliphatic heterocycles. The molecular formula is C21H20F3N3O3S. The molecule has 1 fully saturated rings. The fraction of sp³-hybridized carbons (Fsp3) is 0.333. The number of aromatic nitrogens is 1. The second-order valence-corrected chi connectivity index (χ2v) is 8.25. The van der Waals surface area contributed by atoms with Gasteiger partial charge in [-0.3, -0.25) is 4.79 Å². The van der Waals surface area contributed by atoms with Crippen LogP contribution in [0.15, 0.2) is 48.5 Å². The number of benzene rings is 2. The first-order chi connectivity index (χ1) is 14.8. The molecule has 6 nitrogen and oxygen atoms in total. The van der Waals surface area contributed by atoms with E-state index in [0.717, 1.165) is 30.1 Å². The number of para-hydroxylation sites is 1. The molecule has 0 aliphatic carbocycles. The van der Waals surface area contributed by atoms with E-state index in [4.69, 9.17) is 4.74 Å². The van der Waals surface area contributed by atoms with E-state index >= 15 is 0 Å². The van der Waals surface area contributed by atoms with Crippen LogP contribution < -0.4 is 10.2 Å². The van der Waals surface area contributed by atoms with Gasteiger partial charge >= 0.3 is 6.18 Å². The van der Waals surface area contributed by atoms with E-state index in [1.165, 1.54) is 0 Å². The third-order valence-electron chi connectivity index (χ3n) is 5.06. The number of morpholine rings is 1. The Morgan fingerprint density at radius 3 is 2.45 bits per heavy atom. The molecule has 3 aromatic rings. The van der Waals surface area contributed by atoms with Crippen molar-refractivity contribution in [1.29, 1.82) is 0 Å². The number of carbonyl (C=O) groups is 1. The monoisotopic (exact) mass is 451 g/mol. The van der Waals surface area contributed by atoms with Crippen LogP contribution in [-0.2, 0) is 15.1 Å². The van der Waals surface area contributed by atoms with Crippen molar-refractivity contribution >= 4 is 38.8 Å². The quantitative estimate of drug-likeness (QED) is 0.615. The Bertz CT molecular complexity index is 1030. The molecule has 1 aromatic heterocycles. The zero-order valence-electron chi connectivity index (χ0n) is 16.4. The van der Waals surface area contributed by atoms with E-state index in [1.807, 2.05) is 0 Å². The van der Waals surface area contributed by atoms with E-state index in [9.17, 15) is 23.1 Å². The van der Waals surface area contributed by atoms with Crippen LogP contribution in [0, 0.1) is 0 Å². The summed E-state index contributed by atoms with van der Waals surface area (Å²) in [5.41, 5.74) is -1.77. The van der Waals surface area contributed by atoms with Gasteiger partial charge in [-0.15, -0.1) is 11.3 Å². The van der Waals surface area contributed by atoms with Crippen LogP contribution in [0.5, 0.6) is 0 Å². The van der Waals surface area contributed by atoms with Gasteiger partial charge in [0.2, 0.25) is 11.5 Å². The lowest BCUT2D eigenvalue weighted by Crippen LogP contribution is -2.45. The molecule has 164 valence electrons. The van der Waals surface area contributed by atoms with Gasteiger partial charge in [0.15, 0.2) is 0 Å². The van der Waals surface area contributed by atoms with Crippen LogP contribution in [0.25, 0.3) is 10.2 Å². The number of hydrogen-bond acceptors (Lipinski definition) is 6. The van der Waals surface area contributed by atoms with Crippen LogP contribution in [-0.4, -0.2) is 48.5 Å². The van der Waals surface area contributed by atoms with Gasteiger partial charge in [0.1, 0.15) is 5.01 Å². The summed E-state index contributed by atoms with van der Waals surface area (Å²) in [6.07, 6.45) is -6.26. The first-order valence-corrected chi connectivity index (χ1v) is 10.5. The number of alkyl halides is 3. The van der Waals surface area contributed by atoms with Gasteiger partial charge in [0.25, 0.3) is 0 Å². The number of carbonyl (C=O) groups excluding carboxylic acids is 1. The standard InChI is InChI=1S/C21H20F3N3O3S/c22-21(23,24)20(29,19-26-16-3-1-2-4-17(16)31-19)13-18(28)25-14-5-7-15(8-6-14)27-9-11-30-12-10-27/h1-8,29H,9-13H2,(H,25,28). The number of ether oxygens (including phenoxy) is 1. The highest BCUT2D eigenvalue weighted by Gasteiger charge is 2.58. The molecule has 2 aromatic carbocycles. The molecular weight excluding hydrogens is 431 g/mol. The Morgan fingerprint density at radius 1 is 1.13 bits per heavy atom. The summed E-state index contributed by atoms with van der Waals surface area (Å²) in [4.78, 5) is 18.5. The number of thiazole rings is 1. The maximum atomic E-state index is 13.8. The predicted octanol–water partition coefficient (Wildman–Crippen LogP) is 3.91. The summed E-state index contributed by atoms with van der Waals surface area (Å²) in [5, 5.41) is 12.4. The predicted molar refractivity (Wildman–Crippen MR) is 112 cm³/mol. The molecule has 1 amide bonds. The normalized spacial score (nSPS) is 16.8. The first kappa shape index (κ1) is 21.5. The largest absolute Gasteiger partial charge is 0.424 e. The SMILES string of the molecule is O=C(CC(O)(c1nc2ccccc2s1)C(F)(F)F)Nc1ccc(N2CCOCC2)cc1. The van der Waals surface area contributed by atoms with Crippen molar-refractivity contribution in [1.82, 2.24) is 4.98 Å². The molecule has 1 aliphatic rings. The fourth-order valence-corrected chi connectivity index (χ4v) is 4.43. The Kier molecular flexibility index (Phi) is 5.87. The molecule has 2 N–H and O–H groups in total. The number of anilines is 2. The third-order valence-corrected chi connectivity index (χ3v) is 6.25. The maximum Gasteiger partial charge on any atom is 0.424 e. The average Bonchev–Trinajstić information content (AvgIpc) is 3.19. The number of fused-ring (bicyclic) bond motifs is 1. The van der Waals surface area contributed by atoms with Gasteiger partial charge in [-0.2, -0.15) is 13.2 Å². The molecule has 4 rings (SSSR count). The molecule has 1 saturated heterocycles. The minimum atomic E-state index is -5.07. The summed E-state index contributed by atoms with van der Waals surface area (Å²) in [5.74, 6) is -0.960. The van der Waals surface area contributed by atoms with Crippen molar-refractivity contribution in [3.05, 3.63) is 53.5 Å². The molecule has 0 saturated carbocycles. The molecule has 0 bridgehead atoms. The Hall–Kier alpha value is -2.69. The molecule has 1 atom stereocenters. The van der Waals surface area contributed by atoms with E-state index in [2.05, 4.69) is 15.2 Å². The van der Waals surface area contributed by atoms with Crippen LogP contribution in [0.2, 0.25) is 0 Å². The lowest BCUT2D eigenvalue weighted by Gasteiger charge is -2.29. The summed E-state index contributed by atoms with van der Waals surface area (Å²) in [6.45, 7) is 2.74. The van der Waals surface area contributed by atoms with Gasteiger partial charge in [-0.05, 0) is 36.4 Å². The lowest BCUT2D eigenvalue weighted by molar-refractivity contribution is -0.266. The smallest absolute Gasteiger partial charge is 0.378 e. The van der Waals surface area contributed by atoms with Crippen molar-refractivity contribution < 1.29 is 27.8 Å². The van der Waals surface area contributed by atoms with E-state index < -0.39 is 29.1 Å². The van der Waals surface area contributed by atoms with Crippen LogP contribution in [0.3, 0.4) is 0 Å². The van der Waals surface area contributed by atoms with Gasteiger partial charge < -0.3 is 20.1 Å². The average molecular weight is 451 g/mol. The second kappa shape index (κ2) is 8.45. The zero-order valence-corrected chi connectivity index (χ0v) is 17.2. The minimum absolute atomic E-state index is 0.337. The van der Waals surface area contributed by atoms with Crippen molar-refractivity contribution in [2.24, 2.45) is 0 Å². The number of nitrogens with zero attached hydrogens (tertiary/aromatic N) is 2. The Labute approximate surface area is 180 Å². The summed E-state index contributed by atoms with van der Waals surface area (Å²) < 4.78 is 47.2. The van der Waals surface area contributed by atoms with E-state index in [-0.39, 0.29) is 0 Å². The highest BCUT2D eigenvalue weighted by molar-refractivity contribution is 7.18. The molecule has 0 radical (unpaired) electrons. The number of hydrogen-bond donors (Lipinski definition) is 2. The number of halogens is 3. The van der Waals surface area contributed by atoms with Gasteiger partial charge in [-0.25, -0.2) is 4.98 Å². The fourth-order valence-electron chi connectivity index (χ4n) is 3.36. The summed E-state index contributed by atoms with van der Waals surface area (Å²) in [6, 6.07) is 13.3. The first-order valence-electron chi connectivity index (χ1n) is 9.64. The number of nitrogens with one attached hydrogen (secondary N) is 1. The van der Waals surface area contributed by atoms with Crippen molar-refractivity contribution in [2.45, 2.75) is 18.2 Å². The van der Waals surface area contributed by atoms with Crippen molar-refractivity contribution in [3.63, 3.8) is 0 Å². The molecule has 31 heavy (non-hydrogen) atoms. The maximum absolute atomic E-state index is 13.8. The topological polar surface area (TPSA) is 74.7 Å². The number of amides is 1. The van der Waals surface area contributed by atoms with Crippen molar-refractivity contribution in [2.75, 3.05) is 36.5 Å². The molecule has 0 spiro atoms. The van der Waals surface area contributed by atoms with Crippen LogP contribution in [0.1, 0.15) is 11.4 Å². The van der Waals surface area contributed by atoms with E-state index in [1.54, 1.807) is 48.5 Å². The van der Waals surface area contributed by atoms with Gasteiger partial charge in [-0.1, -0.05) is 12.1 Å². The zero-order chi connectivity index (χ0) is 22.1. The Morgan fingerprint density at radius 2 is 1.81 bits per heavy atom. The lowest BCUT2D eigenvalue weighted by atomic mass is 9.99. The van der Waals surface area contributed by atoms with Crippen LogP contribution >= 0.6 is 11.3 Å². The summed E-state index contributed by atoms with van der Waals surface area (Å²) in [7, 11) is 0. The third kappa shape index (κ3) is 4.51. The summed E-state index contributed by atoms with van der Waals surface area (Å²) >= 11 is 0.720. The van der Waals surface area contributed by atoms with Crippen molar-refractivity contribution in [3.8, 4) is 0 Å². The molecule has 10 heteroatoms. The van der Waals surface area contributed by atoms with Gasteiger partial charge in [0.05, 0.1) is 29.9 Å². The molecule has 2 heterocycles.